The maximum Gasteiger partial charge on any atom is 0.0664 e. The van der Waals surface area contributed by atoms with Crippen LogP contribution in [0.5, 0.6) is 0 Å². The molecule has 0 aromatic rings. The molecule has 0 aromatic carbocycles. The van der Waals surface area contributed by atoms with E-state index in [4.69, 9.17) is 0 Å². The lowest BCUT2D eigenvalue weighted by Gasteiger charge is -2.29. The van der Waals surface area contributed by atoms with E-state index in [0.29, 0.717) is 6.04 Å². The summed E-state index contributed by atoms with van der Waals surface area (Å²) in [4.78, 5) is 2.46. The van der Waals surface area contributed by atoms with E-state index in [9.17, 15) is 5.11 Å². The van der Waals surface area contributed by atoms with Gasteiger partial charge in [-0.25, -0.2) is 0 Å². The van der Waals surface area contributed by atoms with Crippen LogP contribution in [0.2, 0.25) is 0 Å². The molecule has 90 valence electrons. The second kappa shape index (κ2) is 6.49. The van der Waals surface area contributed by atoms with Crippen LogP contribution in [0.3, 0.4) is 0 Å². The molecule has 1 saturated heterocycles. The normalized spacial score (nSPS) is 28.4. The third-order valence-corrected chi connectivity index (χ3v) is 3.85. The fourth-order valence-corrected chi connectivity index (χ4v) is 2.60. The molecule has 1 heterocycles. The first kappa shape index (κ1) is 13.0. The molecule has 1 aliphatic heterocycles. The van der Waals surface area contributed by atoms with Gasteiger partial charge in [-0.3, -0.25) is 4.90 Å². The SMILES string of the molecule is CCCC1CCCN(C(C)C(C)O)CC1. The molecule has 3 atom stereocenters. The summed E-state index contributed by atoms with van der Waals surface area (Å²) in [6.07, 6.45) is 6.52. The van der Waals surface area contributed by atoms with Gasteiger partial charge in [-0.1, -0.05) is 19.8 Å². The highest BCUT2D eigenvalue weighted by molar-refractivity contribution is 4.76. The van der Waals surface area contributed by atoms with Crippen LogP contribution in [0.25, 0.3) is 0 Å². The molecule has 0 spiro atoms. The van der Waals surface area contributed by atoms with Crippen molar-refractivity contribution in [3.63, 3.8) is 0 Å². The molecule has 2 nitrogen and oxygen atoms in total. The third kappa shape index (κ3) is 4.12. The number of nitrogens with zero attached hydrogens (tertiary/aromatic N) is 1. The maximum absolute atomic E-state index is 9.59. The van der Waals surface area contributed by atoms with Crippen molar-refractivity contribution in [2.45, 2.75) is 65.0 Å². The highest BCUT2D eigenvalue weighted by Gasteiger charge is 2.22. The Morgan fingerprint density at radius 2 is 2.00 bits per heavy atom. The average Bonchev–Trinajstić information content (AvgIpc) is 2.43. The van der Waals surface area contributed by atoms with Crippen molar-refractivity contribution in [2.24, 2.45) is 5.92 Å². The van der Waals surface area contributed by atoms with Gasteiger partial charge >= 0.3 is 0 Å². The first-order valence-electron chi connectivity index (χ1n) is 6.57. The summed E-state index contributed by atoms with van der Waals surface area (Å²) < 4.78 is 0. The van der Waals surface area contributed by atoms with Crippen LogP contribution >= 0.6 is 0 Å². The molecule has 0 aliphatic carbocycles. The number of hydrogen-bond acceptors (Lipinski definition) is 2. The fourth-order valence-electron chi connectivity index (χ4n) is 2.60. The molecule has 2 heteroatoms. The molecule has 0 amide bonds. The van der Waals surface area contributed by atoms with Gasteiger partial charge < -0.3 is 5.11 Å². The zero-order valence-corrected chi connectivity index (χ0v) is 10.6. The molecule has 3 unspecified atom stereocenters. The summed E-state index contributed by atoms with van der Waals surface area (Å²) in [6.45, 7) is 8.67. The third-order valence-electron chi connectivity index (χ3n) is 3.85. The minimum absolute atomic E-state index is 0.201. The van der Waals surface area contributed by atoms with Crippen LogP contribution in [-0.2, 0) is 0 Å². The van der Waals surface area contributed by atoms with Crippen molar-refractivity contribution >= 4 is 0 Å². The van der Waals surface area contributed by atoms with Crippen molar-refractivity contribution in [3.05, 3.63) is 0 Å². The highest BCUT2D eigenvalue weighted by atomic mass is 16.3. The van der Waals surface area contributed by atoms with Crippen LogP contribution in [0.4, 0.5) is 0 Å². The topological polar surface area (TPSA) is 23.5 Å². The van der Waals surface area contributed by atoms with E-state index in [1.165, 1.54) is 45.2 Å². The van der Waals surface area contributed by atoms with Gasteiger partial charge in [-0.2, -0.15) is 0 Å². The van der Waals surface area contributed by atoms with Gasteiger partial charge in [0.05, 0.1) is 6.10 Å². The molecule has 0 saturated carbocycles. The predicted octanol–water partition coefficient (Wildman–Crippen LogP) is 2.66. The van der Waals surface area contributed by atoms with E-state index in [0.717, 1.165) is 5.92 Å². The molecule has 1 N–H and O–H groups in total. The van der Waals surface area contributed by atoms with E-state index in [1.807, 2.05) is 6.92 Å². The summed E-state index contributed by atoms with van der Waals surface area (Å²) in [5, 5.41) is 9.59. The van der Waals surface area contributed by atoms with Gasteiger partial charge in [-0.05, 0) is 52.1 Å². The lowest BCUT2D eigenvalue weighted by molar-refractivity contribution is 0.0722. The van der Waals surface area contributed by atoms with Crippen molar-refractivity contribution in [2.75, 3.05) is 13.1 Å². The zero-order valence-electron chi connectivity index (χ0n) is 10.6. The van der Waals surface area contributed by atoms with Gasteiger partial charge in [0.1, 0.15) is 0 Å². The van der Waals surface area contributed by atoms with Gasteiger partial charge in [0.15, 0.2) is 0 Å². The first-order chi connectivity index (χ1) is 7.15. The number of likely N-dealkylation sites (tertiary alicyclic amines) is 1. The Kier molecular flexibility index (Phi) is 5.62. The van der Waals surface area contributed by atoms with Crippen LogP contribution < -0.4 is 0 Å². The standard InChI is InChI=1S/C13H27NO/c1-4-6-13-7-5-9-14(10-8-13)11(2)12(3)15/h11-13,15H,4-10H2,1-3H3. The minimum Gasteiger partial charge on any atom is -0.392 e. The Hall–Kier alpha value is -0.0800. The lowest BCUT2D eigenvalue weighted by atomic mass is 9.96. The monoisotopic (exact) mass is 213 g/mol. The van der Waals surface area contributed by atoms with E-state index >= 15 is 0 Å². The van der Waals surface area contributed by atoms with Gasteiger partial charge in [0.2, 0.25) is 0 Å². The quantitative estimate of drug-likeness (QED) is 0.776. The van der Waals surface area contributed by atoms with Gasteiger partial charge in [0, 0.05) is 6.04 Å². The molecular formula is C13H27NO. The summed E-state index contributed by atoms with van der Waals surface area (Å²) in [5.41, 5.74) is 0. The van der Waals surface area contributed by atoms with Gasteiger partial charge in [-0.15, -0.1) is 0 Å². The highest BCUT2D eigenvalue weighted by Crippen LogP contribution is 2.23. The van der Waals surface area contributed by atoms with Crippen LogP contribution in [0, 0.1) is 5.92 Å². The van der Waals surface area contributed by atoms with Crippen molar-refractivity contribution in [1.29, 1.82) is 0 Å². The molecular weight excluding hydrogens is 186 g/mol. The molecule has 1 rings (SSSR count). The predicted molar refractivity (Wildman–Crippen MR) is 65.0 cm³/mol. The van der Waals surface area contributed by atoms with E-state index < -0.39 is 0 Å². The molecule has 0 bridgehead atoms. The van der Waals surface area contributed by atoms with Crippen molar-refractivity contribution in [1.82, 2.24) is 4.90 Å². The minimum atomic E-state index is -0.201. The second-order valence-electron chi connectivity index (χ2n) is 5.10. The van der Waals surface area contributed by atoms with Crippen LogP contribution in [0.1, 0.15) is 52.9 Å². The number of aliphatic hydroxyl groups excluding tert-OH is 1. The van der Waals surface area contributed by atoms with Gasteiger partial charge in [0.25, 0.3) is 0 Å². The smallest absolute Gasteiger partial charge is 0.0664 e. The van der Waals surface area contributed by atoms with E-state index in [2.05, 4.69) is 18.7 Å². The molecule has 1 fully saturated rings. The number of aliphatic hydroxyl groups is 1. The number of rotatable bonds is 4. The summed E-state index contributed by atoms with van der Waals surface area (Å²) >= 11 is 0. The molecule has 15 heavy (non-hydrogen) atoms. The largest absolute Gasteiger partial charge is 0.392 e. The Morgan fingerprint density at radius 3 is 2.60 bits per heavy atom. The summed E-state index contributed by atoms with van der Waals surface area (Å²) in [5.74, 6) is 0.932. The van der Waals surface area contributed by atoms with Crippen molar-refractivity contribution < 1.29 is 5.11 Å². The van der Waals surface area contributed by atoms with E-state index in [-0.39, 0.29) is 6.10 Å². The van der Waals surface area contributed by atoms with Crippen molar-refractivity contribution in [3.8, 4) is 0 Å². The Bertz CT molecular complexity index is 170. The van der Waals surface area contributed by atoms with E-state index in [1.54, 1.807) is 0 Å². The summed E-state index contributed by atoms with van der Waals surface area (Å²) in [7, 11) is 0. The lowest BCUT2D eigenvalue weighted by Crippen LogP contribution is -2.40. The Balaban J connectivity index is 2.38. The van der Waals surface area contributed by atoms with Crippen LogP contribution in [0.15, 0.2) is 0 Å². The Labute approximate surface area is 94.7 Å². The second-order valence-corrected chi connectivity index (χ2v) is 5.10. The molecule has 1 aliphatic rings. The molecule has 0 radical (unpaired) electrons. The number of hydrogen-bond donors (Lipinski definition) is 1. The average molecular weight is 213 g/mol. The fraction of sp³-hybridized carbons (Fsp3) is 1.00. The molecule has 0 aromatic heterocycles. The maximum atomic E-state index is 9.59. The Morgan fingerprint density at radius 1 is 1.27 bits per heavy atom. The van der Waals surface area contributed by atoms with Crippen LogP contribution in [-0.4, -0.2) is 35.2 Å². The first-order valence-corrected chi connectivity index (χ1v) is 6.57. The summed E-state index contributed by atoms with van der Waals surface area (Å²) in [6, 6.07) is 0.324. The zero-order chi connectivity index (χ0) is 11.3.